The number of Topliss-reactive ketones (excluding diaryl/α,β-unsaturated/α-hetero) is 1. The summed E-state index contributed by atoms with van der Waals surface area (Å²) in [5.74, 6) is 0.340. The summed E-state index contributed by atoms with van der Waals surface area (Å²) in [6.45, 7) is 0. The van der Waals surface area contributed by atoms with Crippen molar-refractivity contribution in [1.29, 1.82) is 0 Å². The van der Waals surface area contributed by atoms with E-state index in [0.29, 0.717) is 10.6 Å². The molecule has 1 aromatic heterocycles. The SMILES string of the molecule is CSCC(=O)c1cc2ccc(F)cc2s1. The Kier molecular flexibility index (Phi) is 3.07. The van der Waals surface area contributed by atoms with Crippen LogP contribution in [0.3, 0.4) is 0 Å². The van der Waals surface area contributed by atoms with E-state index in [9.17, 15) is 9.18 Å². The van der Waals surface area contributed by atoms with Crippen molar-refractivity contribution < 1.29 is 9.18 Å². The standard InChI is InChI=1S/C11H9FOS2/c1-14-6-9(13)11-4-7-2-3-8(12)5-10(7)15-11/h2-5H,6H2,1H3. The van der Waals surface area contributed by atoms with Gasteiger partial charge < -0.3 is 0 Å². The Labute approximate surface area is 95.3 Å². The van der Waals surface area contributed by atoms with Crippen LogP contribution in [-0.4, -0.2) is 17.8 Å². The summed E-state index contributed by atoms with van der Waals surface area (Å²) in [6, 6.07) is 6.42. The molecular weight excluding hydrogens is 231 g/mol. The van der Waals surface area contributed by atoms with Crippen molar-refractivity contribution in [2.75, 3.05) is 12.0 Å². The molecule has 0 unspecified atom stereocenters. The third-order valence-electron chi connectivity index (χ3n) is 2.03. The minimum absolute atomic E-state index is 0.115. The highest BCUT2D eigenvalue weighted by Crippen LogP contribution is 2.27. The molecule has 78 valence electrons. The molecule has 0 fully saturated rings. The van der Waals surface area contributed by atoms with E-state index in [0.717, 1.165) is 10.1 Å². The molecule has 15 heavy (non-hydrogen) atoms. The molecule has 2 aromatic rings. The molecule has 0 atom stereocenters. The van der Waals surface area contributed by atoms with Gasteiger partial charge in [-0.05, 0) is 29.8 Å². The van der Waals surface area contributed by atoms with Gasteiger partial charge >= 0.3 is 0 Å². The Morgan fingerprint density at radius 3 is 3.00 bits per heavy atom. The van der Waals surface area contributed by atoms with E-state index in [1.807, 2.05) is 12.3 Å². The molecule has 0 amide bonds. The van der Waals surface area contributed by atoms with E-state index in [1.165, 1.54) is 35.2 Å². The number of carbonyl (C=O) groups excluding carboxylic acids is 1. The highest BCUT2D eigenvalue weighted by atomic mass is 32.2. The lowest BCUT2D eigenvalue weighted by molar-refractivity contribution is 0.102. The summed E-state index contributed by atoms with van der Waals surface area (Å²) in [7, 11) is 0. The molecule has 1 heterocycles. The fourth-order valence-electron chi connectivity index (χ4n) is 1.34. The third-order valence-corrected chi connectivity index (χ3v) is 3.72. The number of carbonyl (C=O) groups is 1. The van der Waals surface area contributed by atoms with Crippen molar-refractivity contribution in [2.24, 2.45) is 0 Å². The third kappa shape index (κ3) is 2.21. The Morgan fingerprint density at radius 2 is 2.27 bits per heavy atom. The fourth-order valence-corrected chi connectivity index (χ4v) is 2.88. The molecule has 0 spiro atoms. The van der Waals surface area contributed by atoms with Gasteiger partial charge in [0.1, 0.15) is 5.82 Å². The monoisotopic (exact) mass is 240 g/mol. The fraction of sp³-hybridized carbons (Fsp3) is 0.182. The summed E-state index contributed by atoms with van der Waals surface area (Å²) in [4.78, 5) is 12.3. The molecular formula is C11H9FOS2. The van der Waals surface area contributed by atoms with Gasteiger partial charge in [0.05, 0.1) is 10.6 Å². The molecule has 0 aliphatic rings. The number of halogens is 1. The molecule has 0 saturated heterocycles. The van der Waals surface area contributed by atoms with Gasteiger partial charge in [-0.1, -0.05) is 6.07 Å². The average molecular weight is 240 g/mol. The summed E-state index contributed by atoms with van der Waals surface area (Å²) in [5.41, 5.74) is 0. The van der Waals surface area contributed by atoms with Crippen LogP contribution in [-0.2, 0) is 0 Å². The summed E-state index contributed by atoms with van der Waals surface area (Å²) in [6.07, 6.45) is 1.89. The molecule has 0 saturated carbocycles. The predicted octanol–water partition coefficient (Wildman–Crippen LogP) is 3.59. The number of benzene rings is 1. The van der Waals surface area contributed by atoms with Crippen LogP contribution in [0.25, 0.3) is 10.1 Å². The van der Waals surface area contributed by atoms with E-state index >= 15 is 0 Å². The molecule has 1 nitrogen and oxygen atoms in total. The quantitative estimate of drug-likeness (QED) is 0.763. The summed E-state index contributed by atoms with van der Waals surface area (Å²) in [5, 5.41) is 0.936. The van der Waals surface area contributed by atoms with Gasteiger partial charge in [-0.15, -0.1) is 11.3 Å². The second-order valence-corrected chi connectivity index (χ2v) is 5.10. The van der Waals surface area contributed by atoms with Crippen LogP contribution in [0.2, 0.25) is 0 Å². The maximum Gasteiger partial charge on any atom is 0.182 e. The van der Waals surface area contributed by atoms with Gasteiger partial charge in [0.15, 0.2) is 5.78 Å². The lowest BCUT2D eigenvalue weighted by Crippen LogP contribution is -1.97. The Hall–Kier alpha value is -0.870. The van der Waals surface area contributed by atoms with Crippen LogP contribution < -0.4 is 0 Å². The van der Waals surface area contributed by atoms with Gasteiger partial charge in [-0.25, -0.2) is 4.39 Å². The van der Waals surface area contributed by atoms with Crippen molar-refractivity contribution in [3.63, 3.8) is 0 Å². The molecule has 0 aliphatic carbocycles. The maximum atomic E-state index is 12.9. The van der Waals surface area contributed by atoms with E-state index < -0.39 is 0 Å². The Balaban J connectivity index is 2.42. The van der Waals surface area contributed by atoms with Crippen molar-refractivity contribution in [3.05, 3.63) is 35.0 Å². The largest absolute Gasteiger partial charge is 0.292 e. The second kappa shape index (κ2) is 4.33. The molecule has 4 heteroatoms. The van der Waals surface area contributed by atoms with Crippen LogP contribution in [0.15, 0.2) is 24.3 Å². The van der Waals surface area contributed by atoms with Gasteiger partial charge in [0.25, 0.3) is 0 Å². The highest BCUT2D eigenvalue weighted by molar-refractivity contribution is 7.99. The van der Waals surface area contributed by atoms with Gasteiger partial charge in [0.2, 0.25) is 0 Å². The van der Waals surface area contributed by atoms with Crippen LogP contribution in [0.1, 0.15) is 9.67 Å². The predicted molar refractivity (Wildman–Crippen MR) is 64.5 cm³/mol. The van der Waals surface area contributed by atoms with Crippen molar-refractivity contribution in [2.45, 2.75) is 0 Å². The van der Waals surface area contributed by atoms with E-state index in [1.54, 1.807) is 6.07 Å². The van der Waals surface area contributed by atoms with Gasteiger partial charge in [0, 0.05) is 4.70 Å². The zero-order valence-corrected chi connectivity index (χ0v) is 9.75. The molecule has 0 bridgehead atoms. The topological polar surface area (TPSA) is 17.1 Å². The normalized spacial score (nSPS) is 10.8. The molecule has 0 N–H and O–H groups in total. The number of fused-ring (bicyclic) bond motifs is 1. The van der Waals surface area contributed by atoms with Gasteiger partial charge in [-0.2, -0.15) is 11.8 Å². The number of thioether (sulfide) groups is 1. The molecule has 0 aliphatic heterocycles. The van der Waals surface area contributed by atoms with E-state index in [-0.39, 0.29) is 11.6 Å². The lowest BCUT2D eigenvalue weighted by atomic mass is 10.2. The molecule has 2 rings (SSSR count). The smallest absolute Gasteiger partial charge is 0.182 e. The highest BCUT2D eigenvalue weighted by Gasteiger charge is 2.09. The van der Waals surface area contributed by atoms with Crippen LogP contribution in [0, 0.1) is 5.82 Å². The number of ketones is 1. The first kappa shape index (κ1) is 10.6. The minimum atomic E-state index is -0.256. The van der Waals surface area contributed by atoms with Crippen molar-refractivity contribution in [3.8, 4) is 0 Å². The van der Waals surface area contributed by atoms with Gasteiger partial charge in [-0.3, -0.25) is 4.79 Å². The number of rotatable bonds is 3. The van der Waals surface area contributed by atoms with Crippen molar-refractivity contribution >= 4 is 39.0 Å². The molecule has 0 radical (unpaired) electrons. The first-order valence-electron chi connectivity index (χ1n) is 4.42. The Morgan fingerprint density at radius 1 is 1.47 bits per heavy atom. The van der Waals surface area contributed by atoms with E-state index in [4.69, 9.17) is 0 Å². The lowest BCUT2D eigenvalue weighted by Gasteiger charge is -1.90. The summed E-state index contributed by atoms with van der Waals surface area (Å²) >= 11 is 2.86. The zero-order chi connectivity index (χ0) is 10.8. The molecule has 1 aromatic carbocycles. The van der Waals surface area contributed by atoms with E-state index in [2.05, 4.69) is 0 Å². The Bertz CT molecular complexity index is 504. The van der Waals surface area contributed by atoms with Crippen LogP contribution in [0.4, 0.5) is 4.39 Å². The summed E-state index contributed by atoms with van der Waals surface area (Å²) < 4.78 is 13.7. The van der Waals surface area contributed by atoms with Crippen LogP contribution in [0.5, 0.6) is 0 Å². The number of hydrogen-bond donors (Lipinski definition) is 0. The minimum Gasteiger partial charge on any atom is -0.292 e. The number of hydrogen-bond acceptors (Lipinski definition) is 3. The maximum absolute atomic E-state index is 12.9. The second-order valence-electron chi connectivity index (χ2n) is 3.15. The zero-order valence-electron chi connectivity index (χ0n) is 8.12. The van der Waals surface area contributed by atoms with Crippen molar-refractivity contribution in [1.82, 2.24) is 0 Å². The average Bonchev–Trinajstić information content (AvgIpc) is 2.60. The van der Waals surface area contributed by atoms with Crippen LogP contribution >= 0.6 is 23.1 Å². The first-order valence-corrected chi connectivity index (χ1v) is 6.63. The number of thiophene rings is 1. The first-order chi connectivity index (χ1) is 7.20.